The third-order valence-electron chi connectivity index (χ3n) is 3.15. The standard InChI is InChI=1S/C14H15ClN4S/c1-2-5-19-12-6-9(15)3-4-11(12)18-13(19)7-10-8-20-14(16)17-10/h3-4,6,8H,2,5,7H2,1H3,(H2,16,17). The number of anilines is 1. The van der Waals surface area contributed by atoms with E-state index >= 15 is 0 Å². The van der Waals surface area contributed by atoms with Crippen LogP contribution >= 0.6 is 22.9 Å². The summed E-state index contributed by atoms with van der Waals surface area (Å²) >= 11 is 7.56. The number of rotatable bonds is 4. The molecule has 0 atom stereocenters. The van der Waals surface area contributed by atoms with Crippen molar-refractivity contribution in [2.24, 2.45) is 0 Å². The number of hydrogen-bond acceptors (Lipinski definition) is 4. The van der Waals surface area contributed by atoms with Gasteiger partial charge in [0.25, 0.3) is 0 Å². The molecule has 0 saturated heterocycles. The molecular formula is C14H15ClN4S. The molecule has 0 fully saturated rings. The second-order valence-electron chi connectivity index (χ2n) is 4.67. The van der Waals surface area contributed by atoms with Crippen LogP contribution in [0.25, 0.3) is 11.0 Å². The van der Waals surface area contributed by atoms with E-state index in [4.69, 9.17) is 22.3 Å². The smallest absolute Gasteiger partial charge is 0.180 e. The maximum absolute atomic E-state index is 6.10. The molecule has 2 N–H and O–H groups in total. The lowest BCUT2D eigenvalue weighted by Gasteiger charge is -2.06. The van der Waals surface area contributed by atoms with Crippen molar-refractivity contribution < 1.29 is 0 Å². The average Bonchev–Trinajstić information content (AvgIpc) is 2.96. The molecule has 20 heavy (non-hydrogen) atoms. The van der Waals surface area contributed by atoms with Crippen molar-refractivity contribution in [1.29, 1.82) is 0 Å². The maximum atomic E-state index is 6.10. The first-order valence-corrected chi connectivity index (χ1v) is 7.77. The Labute approximate surface area is 126 Å². The third kappa shape index (κ3) is 2.51. The van der Waals surface area contributed by atoms with E-state index in [1.807, 2.05) is 23.6 Å². The Morgan fingerprint density at radius 1 is 1.35 bits per heavy atom. The van der Waals surface area contributed by atoms with Crippen molar-refractivity contribution in [3.8, 4) is 0 Å². The number of nitrogens with zero attached hydrogens (tertiary/aromatic N) is 3. The van der Waals surface area contributed by atoms with Gasteiger partial charge in [-0.1, -0.05) is 18.5 Å². The molecule has 3 aromatic rings. The first-order valence-electron chi connectivity index (χ1n) is 6.52. The molecule has 104 valence electrons. The normalized spacial score (nSPS) is 11.3. The molecule has 0 amide bonds. The summed E-state index contributed by atoms with van der Waals surface area (Å²) in [6, 6.07) is 5.80. The number of nitrogen functional groups attached to an aromatic ring is 1. The van der Waals surface area contributed by atoms with Gasteiger partial charge in [-0.15, -0.1) is 11.3 Å². The van der Waals surface area contributed by atoms with Crippen LogP contribution in [0.4, 0.5) is 5.13 Å². The minimum atomic E-state index is 0.598. The number of nitrogens with two attached hydrogens (primary N) is 1. The number of hydrogen-bond donors (Lipinski definition) is 1. The van der Waals surface area contributed by atoms with E-state index in [1.54, 1.807) is 0 Å². The molecule has 0 saturated carbocycles. The molecule has 6 heteroatoms. The number of imidazole rings is 1. The zero-order valence-electron chi connectivity index (χ0n) is 11.1. The van der Waals surface area contributed by atoms with Gasteiger partial charge in [-0.05, 0) is 24.6 Å². The minimum Gasteiger partial charge on any atom is -0.375 e. The van der Waals surface area contributed by atoms with Crippen molar-refractivity contribution in [3.63, 3.8) is 0 Å². The average molecular weight is 307 g/mol. The van der Waals surface area contributed by atoms with E-state index < -0.39 is 0 Å². The molecule has 0 unspecified atom stereocenters. The van der Waals surface area contributed by atoms with Crippen LogP contribution in [0.5, 0.6) is 0 Å². The van der Waals surface area contributed by atoms with Gasteiger partial charge >= 0.3 is 0 Å². The van der Waals surface area contributed by atoms with Gasteiger partial charge in [0.1, 0.15) is 5.82 Å². The second kappa shape index (κ2) is 5.42. The Bertz CT molecular complexity index is 747. The van der Waals surface area contributed by atoms with Crippen molar-refractivity contribution in [2.75, 3.05) is 5.73 Å². The van der Waals surface area contributed by atoms with Crippen molar-refractivity contribution in [1.82, 2.24) is 14.5 Å². The fraction of sp³-hybridized carbons (Fsp3) is 0.286. The van der Waals surface area contributed by atoms with E-state index in [0.29, 0.717) is 11.6 Å². The van der Waals surface area contributed by atoms with Crippen LogP contribution in [0.15, 0.2) is 23.6 Å². The van der Waals surface area contributed by atoms with E-state index in [2.05, 4.69) is 16.5 Å². The van der Waals surface area contributed by atoms with Gasteiger partial charge in [0.15, 0.2) is 5.13 Å². The van der Waals surface area contributed by atoms with Crippen LogP contribution in [0, 0.1) is 0 Å². The summed E-state index contributed by atoms with van der Waals surface area (Å²) in [6.45, 7) is 3.08. The molecule has 0 aliphatic carbocycles. The van der Waals surface area contributed by atoms with E-state index in [0.717, 1.165) is 40.5 Å². The van der Waals surface area contributed by atoms with Gasteiger partial charge < -0.3 is 10.3 Å². The topological polar surface area (TPSA) is 56.7 Å². The van der Waals surface area contributed by atoms with Crippen LogP contribution in [0.1, 0.15) is 24.9 Å². The van der Waals surface area contributed by atoms with Gasteiger partial charge in [-0.2, -0.15) is 0 Å². The molecule has 4 nitrogen and oxygen atoms in total. The van der Waals surface area contributed by atoms with E-state index in [1.165, 1.54) is 11.3 Å². The predicted molar refractivity (Wildman–Crippen MR) is 84.4 cm³/mol. The Morgan fingerprint density at radius 2 is 2.20 bits per heavy atom. The molecule has 0 spiro atoms. The largest absolute Gasteiger partial charge is 0.375 e. The zero-order valence-corrected chi connectivity index (χ0v) is 12.7. The fourth-order valence-electron chi connectivity index (χ4n) is 2.32. The van der Waals surface area contributed by atoms with Crippen LogP contribution < -0.4 is 5.73 Å². The zero-order chi connectivity index (χ0) is 14.1. The van der Waals surface area contributed by atoms with Gasteiger partial charge in [-0.25, -0.2) is 9.97 Å². The predicted octanol–water partition coefficient (Wildman–Crippen LogP) is 3.73. The first-order chi connectivity index (χ1) is 9.67. The summed E-state index contributed by atoms with van der Waals surface area (Å²) in [6.07, 6.45) is 1.74. The van der Waals surface area contributed by atoms with Crippen LogP contribution in [-0.2, 0) is 13.0 Å². The quantitative estimate of drug-likeness (QED) is 0.799. The number of aryl methyl sites for hydroxylation is 1. The van der Waals surface area contributed by atoms with Crippen LogP contribution in [-0.4, -0.2) is 14.5 Å². The molecule has 1 aromatic carbocycles. The third-order valence-corrected chi connectivity index (χ3v) is 4.10. The number of halogens is 1. The van der Waals surface area contributed by atoms with E-state index in [-0.39, 0.29) is 0 Å². The molecular weight excluding hydrogens is 292 g/mol. The van der Waals surface area contributed by atoms with Crippen molar-refractivity contribution in [3.05, 3.63) is 40.1 Å². The molecule has 3 rings (SSSR count). The fourth-order valence-corrected chi connectivity index (χ4v) is 3.05. The summed E-state index contributed by atoms with van der Waals surface area (Å²) in [5.74, 6) is 1.01. The molecule has 0 aliphatic rings. The van der Waals surface area contributed by atoms with Gasteiger partial charge in [0, 0.05) is 23.4 Å². The second-order valence-corrected chi connectivity index (χ2v) is 5.99. The molecule has 2 heterocycles. The maximum Gasteiger partial charge on any atom is 0.180 e. The molecule has 0 bridgehead atoms. The number of fused-ring (bicyclic) bond motifs is 1. The summed E-state index contributed by atoms with van der Waals surface area (Å²) in [5.41, 5.74) is 8.71. The molecule has 2 aromatic heterocycles. The number of aromatic nitrogens is 3. The number of benzene rings is 1. The lowest BCUT2D eigenvalue weighted by Crippen LogP contribution is -2.04. The summed E-state index contributed by atoms with van der Waals surface area (Å²) < 4.78 is 2.22. The van der Waals surface area contributed by atoms with Crippen LogP contribution in [0.2, 0.25) is 5.02 Å². The summed E-state index contributed by atoms with van der Waals surface area (Å²) in [7, 11) is 0. The summed E-state index contributed by atoms with van der Waals surface area (Å²) in [5, 5.41) is 3.32. The molecule has 0 aliphatic heterocycles. The highest BCUT2D eigenvalue weighted by Gasteiger charge is 2.12. The number of thiazole rings is 1. The highest BCUT2D eigenvalue weighted by atomic mass is 35.5. The highest BCUT2D eigenvalue weighted by molar-refractivity contribution is 7.13. The lowest BCUT2D eigenvalue weighted by molar-refractivity contribution is 0.662. The minimum absolute atomic E-state index is 0.598. The van der Waals surface area contributed by atoms with Gasteiger partial charge in [0.05, 0.1) is 16.7 Å². The Kier molecular flexibility index (Phi) is 3.63. The van der Waals surface area contributed by atoms with Gasteiger partial charge in [-0.3, -0.25) is 0 Å². The van der Waals surface area contributed by atoms with Gasteiger partial charge in [0.2, 0.25) is 0 Å². The van der Waals surface area contributed by atoms with Crippen LogP contribution in [0.3, 0.4) is 0 Å². The summed E-state index contributed by atoms with van der Waals surface area (Å²) in [4.78, 5) is 9.02. The van der Waals surface area contributed by atoms with Crippen molar-refractivity contribution >= 4 is 39.1 Å². The Hall–Kier alpha value is -1.59. The Balaban J connectivity index is 2.06. The SMILES string of the molecule is CCCn1c(Cc2csc(N)n2)nc2ccc(Cl)cc21. The van der Waals surface area contributed by atoms with E-state index in [9.17, 15) is 0 Å². The lowest BCUT2D eigenvalue weighted by atomic mass is 10.3. The monoisotopic (exact) mass is 306 g/mol. The Morgan fingerprint density at radius 3 is 2.90 bits per heavy atom. The molecule has 0 radical (unpaired) electrons. The highest BCUT2D eigenvalue weighted by Crippen LogP contribution is 2.23. The van der Waals surface area contributed by atoms with Crippen molar-refractivity contribution in [2.45, 2.75) is 26.3 Å². The first kappa shape index (κ1) is 13.4.